The monoisotopic (exact) mass is 158 g/mol. The first-order chi connectivity index (χ1) is 4.79. The summed E-state index contributed by atoms with van der Waals surface area (Å²) in [4.78, 5) is 7.67. The number of aromatic nitrogens is 2. The fourth-order valence-corrected chi connectivity index (χ4v) is 0.623. The van der Waals surface area contributed by atoms with Gasteiger partial charge in [-0.05, 0) is 6.92 Å². The first-order valence-corrected chi connectivity index (χ1v) is 3.61. The minimum Gasteiger partial charge on any atom is -0.260 e. The Morgan fingerprint density at radius 2 is 1.90 bits per heavy atom. The molecule has 0 unspecified atom stereocenters. The Balaban J connectivity index is 0.000000371. The van der Waals surface area contributed by atoms with Gasteiger partial charge in [-0.2, -0.15) is 0 Å². The van der Waals surface area contributed by atoms with Crippen LogP contribution in [0.1, 0.15) is 19.5 Å². The average molecular weight is 159 g/mol. The standard InChI is InChI=1S/C5H5ClN2.C2H6/c1-4-2-7-3-5(6)8-4;1-2/h2-3H,1H3;1-2H3. The van der Waals surface area contributed by atoms with E-state index in [1.54, 1.807) is 6.20 Å². The third kappa shape index (κ3) is 3.41. The van der Waals surface area contributed by atoms with Gasteiger partial charge in [0.05, 0.1) is 11.9 Å². The van der Waals surface area contributed by atoms with Crippen molar-refractivity contribution in [1.29, 1.82) is 0 Å². The molecule has 0 amide bonds. The molecule has 56 valence electrons. The molecule has 1 aromatic heterocycles. The van der Waals surface area contributed by atoms with Gasteiger partial charge in [0.1, 0.15) is 5.15 Å². The quantitative estimate of drug-likeness (QED) is 0.580. The third-order valence-corrected chi connectivity index (χ3v) is 0.908. The largest absolute Gasteiger partial charge is 0.260 e. The second kappa shape index (κ2) is 5.18. The molecule has 1 heterocycles. The van der Waals surface area contributed by atoms with E-state index >= 15 is 0 Å². The highest BCUT2D eigenvalue weighted by Gasteiger charge is 1.85. The van der Waals surface area contributed by atoms with Crippen molar-refractivity contribution in [3.8, 4) is 0 Å². The lowest BCUT2D eigenvalue weighted by Gasteiger charge is -1.87. The van der Waals surface area contributed by atoms with E-state index < -0.39 is 0 Å². The number of halogens is 1. The molecule has 1 rings (SSSR count). The second-order valence-electron chi connectivity index (χ2n) is 1.48. The van der Waals surface area contributed by atoms with Gasteiger partial charge in [-0.25, -0.2) is 4.98 Å². The van der Waals surface area contributed by atoms with Crippen molar-refractivity contribution >= 4 is 11.6 Å². The smallest absolute Gasteiger partial charge is 0.147 e. The molecule has 0 aromatic carbocycles. The van der Waals surface area contributed by atoms with E-state index in [1.165, 1.54) is 6.20 Å². The highest BCUT2D eigenvalue weighted by Crippen LogP contribution is 1.99. The summed E-state index contributed by atoms with van der Waals surface area (Å²) in [5.74, 6) is 0. The molecule has 0 saturated carbocycles. The summed E-state index contributed by atoms with van der Waals surface area (Å²) in [6.45, 7) is 5.85. The van der Waals surface area contributed by atoms with Crippen LogP contribution in [0.25, 0.3) is 0 Å². The summed E-state index contributed by atoms with van der Waals surface area (Å²) >= 11 is 5.47. The van der Waals surface area contributed by atoms with E-state index in [1.807, 2.05) is 20.8 Å². The Labute approximate surface area is 66.3 Å². The Kier molecular flexibility index (Phi) is 4.85. The fraction of sp³-hybridized carbons (Fsp3) is 0.429. The molecular weight excluding hydrogens is 148 g/mol. The molecular formula is C7H11ClN2. The maximum Gasteiger partial charge on any atom is 0.147 e. The second-order valence-corrected chi connectivity index (χ2v) is 1.87. The van der Waals surface area contributed by atoms with Crippen LogP contribution in [-0.2, 0) is 0 Å². The maximum absolute atomic E-state index is 5.47. The van der Waals surface area contributed by atoms with Crippen molar-refractivity contribution in [2.24, 2.45) is 0 Å². The number of hydrogen-bond acceptors (Lipinski definition) is 2. The number of aryl methyl sites for hydroxylation is 1. The van der Waals surface area contributed by atoms with Gasteiger partial charge in [-0.15, -0.1) is 0 Å². The molecule has 2 nitrogen and oxygen atoms in total. The topological polar surface area (TPSA) is 25.8 Å². The van der Waals surface area contributed by atoms with Crippen molar-refractivity contribution in [1.82, 2.24) is 9.97 Å². The molecule has 0 aliphatic rings. The van der Waals surface area contributed by atoms with Crippen LogP contribution in [-0.4, -0.2) is 9.97 Å². The zero-order valence-corrected chi connectivity index (χ0v) is 7.18. The van der Waals surface area contributed by atoms with Crippen molar-refractivity contribution in [2.75, 3.05) is 0 Å². The molecule has 0 aliphatic heterocycles. The van der Waals surface area contributed by atoms with Crippen molar-refractivity contribution < 1.29 is 0 Å². The highest BCUT2D eigenvalue weighted by atomic mass is 35.5. The van der Waals surface area contributed by atoms with Crippen LogP contribution in [0.15, 0.2) is 12.4 Å². The van der Waals surface area contributed by atoms with E-state index in [-0.39, 0.29) is 0 Å². The SMILES string of the molecule is CC.Cc1cncc(Cl)n1. The minimum absolute atomic E-state index is 0.449. The summed E-state index contributed by atoms with van der Waals surface area (Å²) in [7, 11) is 0. The number of nitrogens with zero attached hydrogens (tertiary/aromatic N) is 2. The average Bonchev–Trinajstić information content (AvgIpc) is 1.91. The number of hydrogen-bond donors (Lipinski definition) is 0. The third-order valence-electron chi connectivity index (χ3n) is 0.726. The Bertz CT molecular complexity index is 171. The van der Waals surface area contributed by atoms with Crippen LogP contribution in [0.4, 0.5) is 0 Å². The van der Waals surface area contributed by atoms with Crippen LogP contribution in [0.3, 0.4) is 0 Å². The molecule has 0 aliphatic carbocycles. The van der Waals surface area contributed by atoms with Gasteiger partial charge in [0.2, 0.25) is 0 Å². The first-order valence-electron chi connectivity index (χ1n) is 3.23. The van der Waals surface area contributed by atoms with Gasteiger partial charge in [0.25, 0.3) is 0 Å². The normalized spacial score (nSPS) is 8.00. The Hall–Kier alpha value is -0.630. The van der Waals surface area contributed by atoms with Crippen LogP contribution < -0.4 is 0 Å². The summed E-state index contributed by atoms with van der Waals surface area (Å²) in [5, 5.41) is 0.449. The summed E-state index contributed by atoms with van der Waals surface area (Å²) in [5.41, 5.74) is 0.845. The van der Waals surface area contributed by atoms with Crippen LogP contribution >= 0.6 is 11.6 Å². The highest BCUT2D eigenvalue weighted by molar-refractivity contribution is 6.29. The molecule has 0 saturated heterocycles. The lowest BCUT2D eigenvalue weighted by molar-refractivity contribution is 1.12. The molecule has 3 heteroatoms. The lowest BCUT2D eigenvalue weighted by Crippen LogP contribution is -1.81. The molecule has 0 atom stereocenters. The van der Waals surface area contributed by atoms with E-state index in [0.717, 1.165) is 5.69 Å². The zero-order chi connectivity index (χ0) is 7.98. The van der Waals surface area contributed by atoms with Crippen molar-refractivity contribution in [2.45, 2.75) is 20.8 Å². The van der Waals surface area contributed by atoms with Gasteiger partial charge in [-0.1, -0.05) is 25.4 Å². The van der Waals surface area contributed by atoms with Gasteiger partial charge in [-0.3, -0.25) is 4.98 Å². The van der Waals surface area contributed by atoms with Crippen molar-refractivity contribution in [3.63, 3.8) is 0 Å². The molecule has 1 aromatic rings. The molecule has 0 radical (unpaired) electrons. The molecule has 0 N–H and O–H groups in total. The number of rotatable bonds is 0. The summed E-state index contributed by atoms with van der Waals surface area (Å²) < 4.78 is 0. The van der Waals surface area contributed by atoms with E-state index in [0.29, 0.717) is 5.15 Å². The summed E-state index contributed by atoms with van der Waals surface area (Å²) in [6, 6.07) is 0. The zero-order valence-electron chi connectivity index (χ0n) is 6.43. The lowest BCUT2D eigenvalue weighted by atomic mass is 10.5. The van der Waals surface area contributed by atoms with E-state index in [9.17, 15) is 0 Å². The summed E-state index contributed by atoms with van der Waals surface area (Å²) in [6.07, 6.45) is 3.17. The predicted molar refractivity (Wildman–Crippen MR) is 43.1 cm³/mol. The van der Waals surface area contributed by atoms with Gasteiger partial charge < -0.3 is 0 Å². The fourth-order valence-electron chi connectivity index (χ4n) is 0.433. The maximum atomic E-state index is 5.47. The minimum atomic E-state index is 0.449. The van der Waals surface area contributed by atoms with Gasteiger partial charge >= 0.3 is 0 Å². The van der Waals surface area contributed by atoms with Crippen LogP contribution in [0, 0.1) is 6.92 Å². The molecule has 0 spiro atoms. The van der Waals surface area contributed by atoms with Crippen LogP contribution in [0.2, 0.25) is 5.15 Å². The molecule has 0 bridgehead atoms. The Morgan fingerprint density at radius 1 is 1.30 bits per heavy atom. The van der Waals surface area contributed by atoms with Crippen LogP contribution in [0.5, 0.6) is 0 Å². The Morgan fingerprint density at radius 3 is 2.20 bits per heavy atom. The van der Waals surface area contributed by atoms with E-state index in [4.69, 9.17) is 11.6 Å². The molecule has 0 fully saturated rings. The molecule has 10 heavy (non-hydrogen) atoms. The first kappa shape index (κ1) is 9.37. The van der Waals surface area contributed by atoms with Crippen molar-refractivity contribution in [3.05, 3.63) is 23.2 Å². The van der Waals surface area contributed by atoms with E-state index in [2.05, 4.69) is 9.97 Å². The predicted octanol–water partition coefficient (Wildman–Crippen LogP) is 2.46. The van der Waals surface area contributed by atoms with Gasteiger partial charge in [0.15, 0.2) is 0 Å². The van der Waals surface area contributed by atoms with Gasteiger partial charge in [0, 0.05) is 6.20 Å².